The molecule has 0 fully saturated rings. The second kappa shape index (κ2) is 8.67. The lowest BCUT2D eigenvalue weighted by Gasteiger charge is -2.18. The summed E-state index contributed by atoms with van der Waals surface area (Å²) in [4.78, 5) is 24.1. The van der Waals surface area contributed by atoms with Crippen molar-refractivity contribution in [3.8, 4) is 0 Å². The number of nitrogens with one attached hydrogen (secondary N) is 1. The van der Waals surface area contributed by atoms with Gasteiger partial charge in [0.1, 0.15) is 0 Å². The summed E-state index contributed by atoms with van der Waals surface area (Å²) in [5.41, 5.74) is 4.18. The maximum atomic E-state index is 12.3. The molecule has 2 rings (SSSR count). The Morgan fingerprint density at radius 3 is 2.33 bits per heavy atom. The van der Waals surface area contributed by atoms with Crippen LogP contribution in [0.2, 0.25) is 0 Å². The van der Waals surface area contributed by atoms with Crippen LogP contribution in [-0.4, -0.2) is 18.5 Å². The zero-order chi connectivity index (χ0) is 20.0. The Bertz CT molecular complexity index is 843. The summed E-state index contributed by atoms with van der Waals surface area (Å²) < 4.78 is 5.00. The number of hydrogen-bond donors (Lipinski definition) is 1. The third-order valence-electron chi connectivity index (χ3n) is 4.21. The Balaban J connectivity index is 2.08. The highest BCUT2D eigenvalue weighted by molar-refractivity contribution is 6.03. The summed E-state index contributed by atoms with van der Waals surface area (Å²) in [5, 5.41) is 2.82. The number of esters is 1. The fourth-order valence-corrected chi connectivity index (χ4v) is 2.54. The van der Waals surface area contributed by atoms with Crippen LogP contribution in [0.25, 0.3) is 6.08 Å². The first-order valence-corrected chi connectivity index (χ1v) is 9.08. The van der Waals surface area contributed by atoms with Crippen molar-refractivity contribution in [1.29, 1.82) is 0 Å². The zero-order valence-corrected chi connectivity index (χ0v) is 16.6. The SMILES string of the molecule is CCOC(=O)c1ccc(C)c(NC(=O)/C=C/c2ccc(C(C)(C)C)cc2)c1. The standard InChI is InChI=1S/C23H27NO3/c1-6-27-22(26)18-11-7-16(2)20(15-18)24-21(25)14-10-17-8-12-19(13-9-17)23(3,4)5/h7-15H,6H2,1-5H3,(H,24,25)/b14-10+. The van der Waals surface area contributed by atoms with Gasteiger partial charge in [0.15, 0.2) is 0 Å². The lowest BCUT2D eigenvalue weighted by atomic mass is 9.87. The molecule has 4 nitrogen and oxygen atoms in total. The van der Waals surface area contributed by atoms with Crippen molar-refractivity contribution in [2.75, 3.05) is 11.9 Å². The number of aryl methyl sites for hydroxylation is 1. The monoisotopic (exact) mass is 365 g/mol. The van der Waals surface area contributed by atoms with Crippen molar-refractivity contribution in [1.82, 2.24) is 0 Å². The molecule has 0 spiro atoms. The third-order valence-corrected chi connectivity index (χ3v) is 4.21. The molecular weight excluding hydrogens is 338 g/mol. The highest BCUT2D eigenvalue weighted by atomic mass is 16.5. The van der Waals surface area contributed by atoms with Gasteiger partial charge in [-0.2, -0.15) is 0 Å². The van der Waals surface area contributed by atoms with Crippen molar-refractivity contribution in [3.63, 3.8) is 0 Å². The van der Waals surface area contributed by atoms with Crippen molar-refractivity contribution in [3.05, 3.63) is 70.8 Å². The maximum Gasteiger partial charge on any atom is 0.338 e. The van der Waals surface area contributed by atoms with Crippen LogP contribution in [0.15, 0.2) is 48.5 Å². The minimum atomic E-state index is -0.400. The molecule has 0 radical (unpaired) electrons. The quantitative estimate of drug-likeness (QED) is 0.591. The van der Waals surface area contributed by atoms with Gasteiger partial charge in [0.05, 0.1) is 12.2 Å². The Labute approximate surface area is 161 Å². The van der Waals surface area contributed by atoms with Crippen LogP contribution >= 0.6 is 0 Å². The summed E-state index contributed by atoms with van der Waals surface area (Å²) in [7, 11) is 0. The fraction of sp³-hybridized carbons (Fsp3) is 0.304. The summed E-state index contributed by atoms with van der Waals surface area (Å²) in [6.07, 6.45) is 3.26. The van der Waals surface area contributed by atoms with Crippen LogP contribution in [0.1, 0.15) is 54.7 Å². The predicted molar refractivity (Wildman–Crippen MR) is 110 cm³/mol. The largest absolute Gasteiger partial charge is 0.462 e. The van der Waals surface area contributed by atoms with E-state index in [1.165, 1.54) is 11.6 Å². The molecule has 0 aliphatic carbocycles. The molecule has 142 valence electrons. The van der Waals surface area contributed by atoms with Gasteiger partial charge in [0, 0.05) is 11.8 Å². The molecule has 1 N–H and O–H groups in total. The van der Waals surface area contributed by atoms with Gasteiger partial charge in [0.2, 0.25) is 5.91 Å². The van der Waals surface area contributed by atoms with Gasteiger partial charge in [-0.1, -0.05) is 51.1 Å². The topological polar surface area (TPSA) is 55.4 Å². The fourth-order valence-electron chi connectivity index (χ4n) is 2.54. The van der Waals surface area contributed by atoms with Crippen molar-refractivity contribution in [2.45, 2.75) is 40.0 Å². The number of amides is 1. The first kappa shape index (κ1) is 20.4. The molecule has 0 atom stereocenters. The van der Waals surface area contributed by atoms with E-state index in [9.17, 15) is 9.59 Å². The molecule has 2 aromatic rings. The van der Waals surface area contributed by atoms with Gasteiger partial charge < -0.3 is 10.1 Å². The van der Waals surface area contributed by atoms with Gasteiger partial charge in [-0.3, -0.25) is 4.79 Å². The molecule has 0 aliphatic heterocycles. The van der Waals surface area contributed by atoms with Crippen LogP contribution in [0, 0.1) is 6.92 Å². The predicted octanol–water partition coefficient (Wildman–Crippen LogP) is 5.12. The van der Waals surface area contributed by atoms with E-state index in [0.717, 1.165) is 11.1 Å². The minimum Gasteiger partial charge on any atom is -0.462 e. The normalized spacial score (nSPS) is 11.4. The van der Waals surface area contributed by atoms with E-state index < -0.39 is 5.97 Å². The smallest absolute Gasteiger partial charge is 0.338 e. The molecule has 0 aliphatic rings. The molecule has 27 heavy (non-hydrogen) atoms. The van der Waals surface area contributed by atoms with Crippen molar-refractivity contribution >= 4 is 23.6 Å². The Morgan fingerprint density at radius 1 is 1.07 bits per heavy atom. The molecule has 0 unspecified atom stereocenters. The lowest BCUT2D eigenvalue weighted by Crippen LogP contribution is -2.11. The molecule has 4 heteroatoms. The average molecular weight is 365 g/mol. The number of anilines is 1. The van der Waals surface area contributed by atoms with Crippen molar-refractivity contribution < 1.29 is 14.3 Å². The minimum absolute atomic E-state index is 0.0983. The molecule has 0 saturated heterocycles. The Kier molecular flexibility index (Phi) is 6.56. The van der Waals surface area contributed by atoms with Crippen LogP contribution in [0.3, 0.4) is 0 Å². The van der Waals surface area contributed by atoms with Gasteiger partial charge in [-0.15, -0.1) is 0 Å². The van der Waals surface area contributed by atoms with E-state index in [4.69, 9.17) is 4.74 Å². The van der Waals surface area contributed by atoms with Gasteiger partial charge in [0.25, 0.3) is 0 Å². The zero-order valence-electron chi connectivity index (χ0n) is 16.6. The van der Waals surface area contributed by atoms with Crippen LogP contribution in [0.4, 0.5) is 5.69 Å². The van der Waals surface area contributed by atoms with Gasteiger partial charge in [-0.05, 0) is 54.2 Å². The lowest BCUT2D eigenvalue weighted by molar-refractivity contribution is -0.111. The molecule has 1 amide bonds. The van der Waals surface area contributed by atoms with Gasteiger partial charge in [-0.25, -0.2) is 4.79 Å². The van der Waals surface area contributed by atoms with E-state index in [2.05, 4.69) is 38.2 Å². The highest BCUT2D eigenvalue weighted by Gasteiger charge is 2.12. The van der Waals surface area contributed by atoms with Crippen molar-refractivity contribution in [2.24, 2.45) is 0 Å². The highest BCUT2D eigenvalue weighted by Crippen LogP contribution is 2.22. The average Bonchev–Trinajstić information content (AvgIpc) is 2.61. The molecule has 0 bridgehead atoms. The summed E-state index contributed by atoms with van der Waals surface area (Å²) >= 11 is 0. The number of hydrogen-bond acceptors (Lipinski definition) is 3. The van der Waals surface area contributed by atoms with E-state index in [-0.39, 0.29) is 11.3 Å². The second-order valence-corrected chi connectivity index (χ2v) is 7.44. The number of rotatable bonds is 5. The van der Waals surface area contributed by atoms with Crippen LogP contribution in [-0.2, 0) is 14.9 Å². The third kappa shape index (κ3) is 5.81. The second-order valence-electron chi connectivity index (χ2n) is 7.44. The summed E-state index contributed by atoms with van der Waals surface area (Å²) in [5.74, 6) is -0.651. The summed E-state index contributed by atoms with van der Waals surface area (Å²) in [6, 6.07) is 13.3. The summed E-state index contributed by atoms with van der Waals surface area (Å²) in [6.45, 7) is 10.4. The van der Waals surface area contributed by atoms with E-state index >= 15 is 0 Å². The van der Waals surface area contributed by atoms with E-state index in [1.807, 2.05) is 19.1 Å². The number of carbonyl (C=O) groups excluding carboxylic acids is 2. The molecule has 0 saturated carbocycles. The molecule has 0 heterocycles. The molecule has 2 aromatic carbocycles. The van der Waals surface area contributed by atoms with E-state index in [0.29, 0.717) is 17.9 Å². The van der Waals surface area contributed by atoms with Crippen LogP contribution in [0.5, 0.6) is 0 Å². The van der Waals surface area contributed by atoms with Gasteiger partial charge >= 0.3 is 5.97 Å². The Hall–Kier alpha value is -2.88. The van der Waals surface area contributed by atoms with E-state index in [1.54, 1.807) is 31.2 Å². The van der Waals surface area contributed by atoms with Crippen LogP contribution < -0.4 is 5.32 Å². The molecular formula is C23H27NO3. The molecule has 0 aromatic heterocycles. The first-order valence-electron chi connectivity index (χ1n) is 9.08. The Morgan fingerprint density at radius 2 is 1.74 bits per heavy atom. The first-order chi connectivity index (χ1) is 12.7. The maximum absolute atomic E-state index is 12.3. The number of benzene rings is 2. The number of ether oxygens (including phenoxy) is 1. The number of carbonyl (C=O) groups is 2.